The molecule has 1 aromatic carbocycles. The van der Waals surface area contributed by atoms with Crippen molar-refractivity contribution in [1.29, 1.82) is 0 Å². The lowest BCUT2D eigenvalue weighted by molar-refractivity contribution is -0.132. The lowest BCUT2D eigenvalue weighted by atomic mass is 9.70. The average molecular weight is 337 g/mol. The molecule has 0 bridgehead atoms. The van der Waals surface area contributed by atoms with Crippen molar-refractivity contribution in [2.75, 3.05) is 19.9 Å². The van der Waals surface area contributed by atoms with Gasteiger partial charge < -0.3 is 4.74 Å². The van der Waals surface area contributed by atoms with Crippen LogP contribution in [0.1, 0.15) is 34.3 Å². The van der Waals surface area contributed by atoms with Gasteiger partial charge in [-0.05, 0) is 48.9 Å². The monoisotopic (exact) mass is 337 g/mol. The number of sulfonamides is 1. The Hall–Kier alpha value is -1.89. The molecule has 1 atom stereocenters. The number of ether oxygens (including phenoxy) is 1. The fourth-order valence-corrected chi connectivity index (χ4v) is 4.52. The molecule has 1 spiro atoms. The van der Waals surface area contributed by atoms with E-state index in [1.54, 1.807) is 6.07 Å². The van der Waals surface area contributed by atoms with Crippen LogP contribution in [0.5, 0.6) is 0 Å². The smallest absolute Gasteiger partial charge is 0.337 e. The Morgan fingerprint density at radius 1 is 1.26 bits per heavy atom. The highest BCUT2D eigenvalue weighted by Crippen LogP contribution is 2.44. The predicted octanol–water partition coefficient (Wildman–Crippen LogP) is 1.14. The van der Waals surface area contributed by atoms with E-state index in [1.165, 1.54) is 7.11 Å². The molecule has 0 unspecified atom stereocenters. The predicted molar refractivity (Wildman–Crippen MR) is 83.4 cm³/mol. The Morgan fingerprint density at radius 3 is 2.61 bits per heavy atom. The van der Waals surface area contributed by atoms with E-state index < -0.39 is 15.4 Å². The van der Waals surface area contributed by atoms with E-state index in [0.29, 0.717) is 31.2 Å². The molecule has 2 aliphatic rings. The average Bonchev–Trinajstić information content (AvgIpc) is 2.82. The zero-order valence-electron chi connectivity index (χ0n) is 13.2. The Labute approximate surface area is 135 Å². The van der Waals surface area contributed by atoms with Gasteiger partial charge in [-0.3, -0.25) is 4.79 Å². The van der Waals surface area contributed by atoms with Gasteiger partial charge in [0.25, 0.3) is 0 Å². The van der Waals surface area contributed by atoms with Crippen LogP contribution < -0.4 is 0 Å². The summed E-state index contributed by atoms with van der Waals surface area (Å²) in [5.41, 5.74) is 1.91. The van der Waals surface area contributed by atoms with Gasteiger partial charge in [-0.25, -0.2) is 17.5 Å². The quantitative estimate of drug-likeness (QED) is 0.756. The van der Waals surface area contributed by atoms with Crippen molar-refractivity contribution in [1.82, 2.24) is 4.31 Å². The second-order valence-electron chi connectivity index (χ2n) is 6.32. The first-order valence-electron chi connectivity index (χ1n) is 7.49. The maximum atomic E-state index is 12.6. The standard InChI is InChI=1S/C16H19NO5S/c1-22-14(18)12-3-4-13-10-16(6-5-11(13)9-12)7-8-17(15(16)19)23(2,20)21/h3-4,9H,5-8,10H2,1-2H3/t16-/m0/s1. The summed E-state index contributed by atoms with van der Waals surface area (Å²) in [5.74, 6) is -0.670. The van der Waals surface area contributed by atoms with Crippen molar-refractivity contribution >= 4 is 21.9 Å². The molecule has 1 amide bonds. The van der Waals surface area contributed by atoms with Crippen LogP contribution >= 0.6 is 0 Å². The molecule has 0 radical (unpaired) electrons. The molecular weight excluding hydrogens is 318 g/mol. The van der Waals surface area contributed by atoms with Crippen LogP contribution in [0.2, 0.25) is 0 Å². The lowest BCUT2D eigenvalue weighted by Gasteiger charge is -2.33. The van der Waals surface area contributed by atoms with E-state index in [0.717, 1.165) is 21.7 Å². The minimum atomic E-state index is -3.50. The number of benzene rings is 1. The van der Waals surface area contributed by atoms with Crippen LogP contribution in [0.3, 0.4) is 0 Å². The van der Waals surface area contributed by atoms with Gasteiger partial charge >= 0.3 is 5.97 Å². The van der Waals surface area contributed by atoms with E-state index >= 15 is 0 Å². The molecule has 6 nitrogen and oxygen atoms in total. The highest BCUT2D eigenvalue weighted by atomic mass is 32.2. The molecule has 1 aliphatic carbocycles. The number of fused-ring (bicyclic) bond motifs is 1. The number of hydrogen-bond acceptors (Lipinski definition) is 5. The second-order valence-corrected chi connectivity index (χ2v) is 8.23. The van der Waals surface area contributed by atoms with E-state index in [-0.39, 0.29) is 18.4 Å². The number of aryl methyl sites for hydroxylation is 1. The minimum Gasteiger partial charge on any atom is -0.465 e. The zero-order chi connectivity index (χ0) is 16.8. The molecule has 1 heterocycles. The summed E-state index contributed by atoms with van der Waals surface area (Å²) in [6, 6.07) is 5.35. The third-order valence-electron chi connectivity index (χ3n) is 4.90. The van der Waals surface area contributed by atoms with Crippen molar-refractivity contribution in [2.45, 2.75) is 25.7 Å². The summed E-state index contributed by atoms with van der Waals surface area (Å²) in [4.78, 5) is 24.2. The minimum absolute atomic E-state index is 0.257. The molecule has 0 N–H and O–H groups in total. The number of amides is 1. The molecule has 1 saturated heterocycles. The van der Waals surface area contributed by atoms with E-state index in [9.17, 15) is 18.0 Å². The Kier molecular flexibility index (Phi) is 3.71. The molecule has 7 heteroatoms. The molecule has 1 aliphatic heterocycles. The van der Waals surface area contributed by atoms with Gasteiger partial charge in [0.05, 0.1) is 24.3 Å². The van der Waals surface area contributed by atoms with Crippen molar-refractivity contribution in [3.8, 4) is 0 Å². The summed E-state index contributed by atoms with van der Waals surface area (Å²) < 4.78 is 29.2. The number of esters is 1. The van der Waals surface area contributed by atoms with Gasteiger partial charge in [-0.1, -0.05) is 6.07 Å². The van der Waals surface area contributed by atoms with Crippen molar-refractivity contribution in [3.63, 3.8) is 0 Å². The fourth-order valence-electron chi connectivity index (χ4n) is 3.60. The van der Waals surface area contributed by atoms with Crippen LogP contribution in [-0.4, -0.2) is 44.5 Å². The SMILES string of the molecule is COC(=O)c1ccc2c(c1)CC[C@]1(CCN(S(C)(=O)=O)C1=O)C2. The van der Waals surface area contributed by atoms with Crippen molar-refractivity contribution < 1.29 is 22.7 Å². The fraction of sp³-hybridized carbons (Fsp3) is 0.500. The van der Waals surface area contributed by atoms with Crippen LogP contribution in [0, 0.1) is 5.41 Å². The van der Waals surface area contributed by atoms with Crippen molar-refractivity contribution in [2.24, 2.45) is 5.41 Å². The van der Waals surface area contributed by atoms with Gasteiger partial charge in [-0.2, -0.15) is 0 Å². The van der Waals surface area contributed by atoms with Crippen LogP contribution in [0.15, 0.2) is 18.2 Å². The second kappa shape index (κ2) is 5.33. The largest absolute Gasteiger partial charge is 0.465 e. The van der Waals surface area contributed by atoms with Crippen LogP contribution in [-0.2, 0) is 32.4 Å². The van der Waals surface area contributed by atoms with Crippen LogP contribution in [0.4, 0.5) is 0 Å². The summed E-state index contributed by atoms with van der Waals surface area (Å²) in [6.45, 7) is 0.257. The third kappa shape index (κ3) is 2.63. The van der Waals surface area contributed by atoms with Crippen molar-refractivity contribution in [3.05, 3.63) is 34.9 Å². The topological polar surface area (TPSA) is 80.8 Å². The number of methoxy groups -OCH3 is 1. The molecule has 1 aromatic rings. The lowest BCUT2D eigenvalue weighted by Crippen LogP contribution is -2.40. The van der Waals surface area contributed by atoms with Gasteiger partial charge in [0.1, 0.15) is 0 Å². The van der Waals surface area contributed by atoms with Gasteiger partial charge in [0, 0.05) is 6.54 Å². The van der Waals surface area contributed by atoms with Gasteiger partial charge in [0.2, 0.25) is 15.9 Å². The number of carbonyl (C=O) groups excluding carboxylic acids is 2. The zero-order valence-corrected chi connectivity index (χ0v) is 14.0. The number of nitrogens with zero attached hydrogens (tertiary/aromatic N) is 1. The number of carbonyl (C=O) groups is 2. The van der Waals surface area contributed by atoms with Crippen LogP contribution in [0.25, 0.3) is 0 Å². The Bertz CT molecular complexity index is 786. The molecular formula is C16H19NO5S. The normalized spacial score (nSPS) is 23.9. The van der Waals surface area contributed by atoms with E-state index in [2.05, 4.69) is 0 Å². The van der Waals surface area contributed by atoms with E-state index in [1.807, 2.05) is 12.1 Å². The Morgan fingerprint density at radius 2 is 2.00 bits per heavy atom. The summed E-state index contributed by atoms with van der Waals surface area (Å²) in [7, 11) is -2.16. The highest BCUT2D eigenvalue weighted by Gasteiger charge is 2.50. The number of hydrogen-bond donors (Lipinski definition) is 0. The molecule has 0 aromatic heterocycles. The summed E-state index contributed by atoms with van der Waals surface area (Å²) in [6.07, 6.45) is 3.41. The first-order valence-corrected chi connectivity index (χ1v) is 9.34. The number of rotatable bonds is 2. The maximum absolute atomic E-state index is 12.6. The first-order chi connectivity index (χ1) is 10.8. The summed E-state index contributed by atoms with van der Waals surface area (Å²) in [5, 5.41) is 0. The molecule has 3 rings (SSSR count). The highest BCUT2D eigenvalue weighted by molar-refractivity contribution is 7.88. The first kappa shape index (κ1) is 16.0. The summed E-state index contributed by atoms with van der Waals surface area (Å²) >= 11 is 0. The van der Waals surface area contributed by atoms with Gasteiger partial charge in [-0.15, -0.1) is 0 Å². The molecule has 0 saturated carbocycles. The maximum Gasteiger partial charge on any atom is 0.337 e. The molecule has 124 valence electrons. The third-order valence-corrected chi connectivity index (χ3v) is 6.05. The molecule has 23 heavy (non-hydrogen) atoms. The molecule has 1 fully saturated rings. The Balaban J connectivity index is 1.89. The van der Waals surface area contributed by atoms with Gasteiger partial charge in [0.15, 0.2) is 0 Å². The van der Waals surface area contributed by atoms with E-state index in [4.69, 9.17) is 4.74 Å².